The van der Waals surface area contributed by atoms with E-state index in [1.165, 1.54) is 12.8 Å². The van der Waals surface area contributed by atoms with E-state index in [-0.39, 0.29) is 16.7 Å². The Labute approximate surface area is 136 Å². The zero-order valence-corrected chi connectivity index (χ0v) is 15.0. The first-order chi connectivity index (χ1) is 10.1. The van der Waals surface area contributed by atoms with Crippen molar-refractivity contribution >= 4 is 0 Å². The van der Waals surface area contributed by atoms with E-state index < -0.39 is 11.7 Å². The van der Waals surface area contributed by atoms with Gasteiger partial charge in [-0.2, -0.15) is 0 Å². The van der Waals surface area contributed by atoms with E-state index in [0.29, 0.717) is 5.92 Å². The molecule has 0 unspecified atom stereocenters. The van der Waals surface area contributed by atoms with Crippen molar-refractivity contribution < 1.29 is 10.2 Å². The lowest BCUT2D eigenvalue weighted by atomic mass is 9.44. The maximum absolute atomic E-state index is 11.1. The normalized spacial score (nSPS) is 45.2. The van der Waals surface area contributed by atoms with Crippen LogP contribution in [0, 0.1) is 22.7 Å². The molecule has 0 spiro atoms. The number of fused-ring (bicyclic) bond motifs is 1. The number of hydrogen-bond donors (Lipinski definition) is 2. The van der Waals surface area contributed by atoms with E-state index in [1.54, 1.807) is 0 Å². The van der Waals surface area contributed by atoms with Crippen molar-refractivity contribution in [2.45, 2.75) is 78.4 Å². The molecule has 0 aromatic rings. The second-order valence-electron chi connectivity index (χ2n) is 8.82. The number of aliphatic hydroxyl groups excluding tert-OH is 1. The lowest BCUT2D eigenvalue weighted by Gasteiger charge is -2.62. The molecule has 126 valence electrons. The van der Waals surface area contributed by atoms with Gasteiger partial charge in [-0.25, -0.2) is 0 Å². The minimum Gasteiger partial charge on any atom is -0.390 e. The maximum atomic E-state index is 11.1. The van der Waals surface area contributed by atoms with E-state index in [4.69, 9.17) is 0 Å². The Balaban J connectivity index is 2.42. The quantitative estimate of drug-likeness (QED) is 0.755. The van der Waals surface area contributed by atoms with Crippen molar-refractivity contribution in [2.75, 3.05) is 0 Å². The van der Waals surface area contributed by atoms with E-state index in [0.717, 1.165) is 24.8 Å². The second kappa shape index (κ2) is 5.79. The maximum Gasteiger partial charge on any atom is 0.0913 e. The molecule has 2 saturated carbocycles. The van der Waals surface area contributed by atoms with Gasteiger partial charge in [-0.1, -0.05) is 51.5 Å². The molecule has 0 heterocycles. The number of allylic oxidation sites excluding steroid dienone is 3. The summed E-state index contributed by atoms with van der Waals surface area (Å²) in [5.41, 5.74) is 0.449. The third-order valence-electron chi connectivity index (χ3n) is 6.91. The van der Waals surface area contributed by atoms with E-state index in [9.17, 15) is 10.2 Å². The molecule has 0 bridgehead atoms. The predicted molar refractivity (Wildman–Crippen MR) is 92.5 cm³/mol. The molecule has 2 fully saturated rings. The molecule has 0 saturated heterocycles. The first-order valence-corrected chi connectivity index (χ1v) is 8.75. The van der Waals surface area contributed by atoms with Gasteiger partial charge in [0.15, 0.2) is 0 Å². The van der Waals surface area contributed by atoms with Crippen LogP contribution in [-0.4, -0.2) is 21.9 Å². The summed E-state index contributed by atoms with van der Waals surface area (Å²) in [6, 6.07) is 0. The fourth-order valence-corrected chi connectivity index (χ4v) is 5.43. The molecule has 2 N–H and O–H groups in total. The largest absolute Gasteiger partial charge is 0.390 e. The standard InChI is InChI=1S/C20H34O2/c1-7-14(2)9-10-15-19(5)12-8-11-18(3,4)16(19)13-17(21)20(15,6)22/h7,9,15-17,21-22H,1,8,10-13H2,2-6H3/b14-9+/t15-,16+,17-,19-,20-/m0/s1. The van der Waals surface area contributed by atoms with Crippen LogP contribution in [0.4, 0.5) is 0 Å². The van der Waals surface area contributed by atoms with Crippen LogP contribution in [-0.2, 0) is 0 Å². The molecule has 2 rings (SSSR count). The highest BCUT2D eigenvalue weighted by Gasteiger charge is 2.60. The van der Waals surface area contributed by atoms with Crippen molar-refractivity contribution in [3.8, 4) is 0 Å². The van der Waals surface area contributed by atoms with Crippen LogP contribution in [0.5, 0.6) is 0 Å². The molecule has 2 aliphatic carbocycles. The summed E-state index contributed by atoms with van der Waals surface area (Å²) in [5.74, 6) is 0.551. The molecule has 2 heteroatoms. The number of hydrogen-bond acceptors (Lipinski definition) is 2. The smallest absolute Gasteiger partial charge is 0.0913 e. The van der Waals surface area contributed by atoms with Gasteiger partial charge in [0.2, 0.25) is 0 Å². The molecule has 0 aromatic heterocycles. The third kappa shape index (κ3) is 2.80. The second-order valence-corrected chi connectivity index (χ2v) is 8.82. The zero-order chi connectivity index (χ0) is 16.8. The monoisotopic (exact) mass is 306 g/mol. The minimum atomic E-state index is -1.02. The van der Waals surface area contributed by atoms with Gasteiger partial charge >= 0.3 is 0 Å². The fourth-order valence-electron chi connectivity index (χ4n) is 5.43. The first-order valence-electron chi connectivity index (χ1n) is 8.75. The zero-order valence-electron chi connectivity index (χ0n) is 15.0. The molecule has 5 atom stereocenters. The molecule has 0 radical (unpaired) electrons. The average Bonchev–Trinajstić information content (AvgIpc) is 2.40. The summed E-state index contributed by atoms with van der Waals surface area (Å²) in [6.07, 6.45) is 8.51. The molecule has 0 aromatic carbocycles. The molecule has 0 amide bonds. The minimum absolute atomic E-state index is 0.0857. The van der Waals surface area contributed by atoms with Crippen molar-refractivity contribution in [1.29, 1.82) is 0 Å². The topological polar surface area (TPSA) is 40.5 Å². The van der Waals surface area contributed by atoms with Gasteiger partial charge < -0.3 is 10.2 Å². The Morgan fingerprint density at radius 1 is 1.23 bits per heavy atom. The van der Waals surface area contributed by atoms with Crippen LogP contribution < -0.4 is 0 Å². The average molecular weight is 306 g/mol. The van der Waals surface area contributed by atoms with Gasteiger partial charge in [-0.15, -0.1) is 0 Å². The first kappa shape index (κ1) is 17.7. The van der Waals surface area contributed by atoms with Gasteiger partial charge in [0.25, 0.3) is 0 Å². The molecule has 2 nitrogen and oxygen atoms in total. The highest BCUT2D eigenvalue weighted by atomic mass is 16.3. The highest BCUT2D eigenvalue weighted by Crippen LogP contribution is 2.62. The van der Waals surface area contributed by atoms with Crippen LogP contribution in [0.2, 0.25) is 0 Å². The van der Waals surface area contributed by atoms with Crippen LogP contribution >= 0.6 is 0 Å². The van der Waals surface area contributed by atoms with Gasteiger partial charge in [0.1, 0.15) is 0 Å². The van der Waals surface area contributed by atoms with E-state index in [2.05, 4.69) is 33.4 Å². The number of aliphatic hydroxyl groups is 2. The summed E-state index contributed by atoms with van der Waals surface area (Å²) < 4.78 is 0. The summed E-state index contributed by atoms with van der Waals surface area (Å²) in [6.45, 7) is 14.7. The summed E-state index contributed by atoms with van der Waals surface area (Å²) >= 11 is 0. The Kier molecular flexibility index (Phi) is 4.68. The van der Waals surface area contributed by atoms with Crippen molar-refractivity contribution in [2.24, 2.45) is 22.7 Å². The van der Waals surface area contributed by atoms with Crippen LogP contribution in [0.15, 0.2) is 24.3 Å². The van der Waals surface area contributed by atoms with Crippen LogP contribution in [0.25, 0.3) is 0 Å². The lowest BCUT2D eigenvalue weighted by molar-refractivity contribution is -0.217. The highest BCUT2D eigenvalue weighted by molar-refractivity contribution is 5.17. The Hall–Kier alpha value is -0.600. The van der Waals surface area contributed by atoms with E-state index in [1.807, 2.05) is 19.9 Å². The third-order valence-corrected chi connectivity index (χ3v) is 6.91. The fraction of sp³-hybridized carbons (Fsp3) is 0.800. The van der Waals surface area contributed by atoms with Crippen LogP contribution in [0.3, 0.4) is 0 Å². The Morgan fingerprint density at radius 2 is 1.86 bits per heavy atom. The summed E-state index contributed by atoms with van der Waals surface area (Å²) in [4.78, 5) is 0. The Morgan fingerprint density at radius 3 is 2.45 bits per heavy atom. The Bertz CT molecular complexity index is 460. The van der Waals surface area contributed by atoms with E-state index >= 15 is 0 Å². The van der Waals surface area contributed by atoms with Gasteiger partial charge in [-0.05, 0) is 62.2 Å². The van der Waals surface area contributed by atoms with Gasteiger partial charge in [0.05, 0.1) is 11.7 Å². The van der Waals surface area contributed by atoms with Gasteiger partial charge in [-0.3, -0.25) is 0 Å². The molecule has 0 aliphatic heterocycles. The lowest BCUT2D eigenvalue weighted by Crippen LogP contribution is -2.63. The predicted octanol–water partition coefficient (Wildman–Crippen LogP) is 4.47. The summed E-state index contributed by atoms with van der Waals surface area (Å²) in [5, 5.41) is 21.7. The number of rotatable bonds is 3. The van der Waals surface area contributed by atoms with Crippen molar-refractivity contribution in [3.05, 3.63) is 24.3 Å². The SMILES string of the molecule is C=C/C(C)=C/C[C@@H]1[C@](C)(O)[C@@H](O)C[C@@H]2C(C)(C)CCC[C@]21C. The molecule has 22 heavy (non-hydrogen) atoms. The van der Waals surface area contributed by atoms with Crippen molar-refractivity contribution in [1.82, 2.24) is 0 Å². The molecular weight excluding hydrogens is 272 g/mol. The van der Waals surface area contributed by atoms with Gasteiger partial charge in [0, 0.05) is 0 Å². The molecule has 2 aliphatic rings. The summed E-state index contributed by atoms with van der Waals surface area (Å²) in [7, 11) is 0. The van der Waals surface area contributed by atoms with Crippen molar-refractivity contribution in [3.63, 3.8) is 0 Å². The molecular formula is C20H34O2. The van der Waals surface area contributed by atoms with Crippen LogP contribution in [0.1, 0.15) is 66.7 Å².